The molecule has 1 N–H and O–H groups in total. The van der Waals surface area contributed by atoms with Gasteiger partial charge in [-0.2, -0.15) is 0 Å². The second-order valence-corrected chi connectivity index (χ2v) is 11.3. The number of carboxylic acids is 1. The molecule has 1 unspecified atom stereocenters. The summed E-state index contributed by atoms with van der Waals surface area (Å²) in [4.78, 5) is 23.2. The number of unbranched alkanes of at least 4 members (excludes halogenated alkanes) is 17. The summed E-state index contributed by atoms with van der Waals surface area (Å²) in [5, 5.41) is 8.79. The third-order valence-corrected chi connectivity index (χ3v) is 7.43. The molecule has 228 valence electrons. The molecule has 0 saturated carbocycles. The number of carboxylic acid groups (broad SMARTS) is 1. The van der Waals surface area contributed by atoms with E-state index in [1.54, 1.807) is 0 Å². The highest BCUT2D eigenvalue weighted by Crippen LogP contribution is 2.18. The summed E-state index contributed by atoms with van der Waals surface area (Å²) in [6, 6.07) is 0. The highest BCUT2D eigenvalue weighted by Gasteiger charge is 2.14. The maximum Gasteiger partial charge on any atom is 0.306 e. The zero-order valence-corrected chi connectivity index (χ0v) is 25.9. The number of carbonyl (C=O) groups is 2. The first kappa shape index (κ1) is 37.4. The van der Waals surface area contributed by atoms with E-state index >= 15 is 0 Å². The molecule has 0 saturated heterocycles. The molecule has 0 spiro atoms. The van der Waals surface area contributed by atoms with Crippen LogP contribution in [0.15, 0.2) is 24.3 Å². The van der Waals surface area contributed by atoms with Gasteiger partial charge in [-0.25, -0.2) is 0 Å². The minimum Gasteiger partial charge on any atom is -0.481 e. The minimum atomic E-state index is -0.714. The van der Waals surface area contributed by atoms with E-state index in [4.69, 9.17) is 9.84 Å². The topological polar surface area (TPSA) is 63.6 Å². The fraction of sp³-hybridized carbons (Fsp3) is 0.829. The van der Waals surface area contributed by atoms with Gasteiger partial charge in [-0.1, -0.05) is 122 Å². The molecular formula is C35H64O4. The summed E-state index contributed by atoms with van der Waals surface area (Å²) in [5.41, 5.74) is 0. The Morgan fingerprint density at radius 3 is 1.56 bits per heavy atom. The molecule has 0 rings (SSSR count). The van der Waals surface area contributed by atoms with Gasteiger partial charge in [0.15, 0.2) is 0 Å². The van der Waals surface area contributed by atoms with Crippen molar-refractivity contribution in [2.45, 2.75) is 187 Å². The number of hydrogen-bond donors (Lipinski definition) is 1. The quantitative estimate of drug-likeness (QED) is 0.0550. The van der Waals surface area contributed by atoms with Gasteiger partial charge in [0.1, 0.15) is 6.10 Å². The maximum atomic E-state index is 12.5. The molecule has 4 heteroatoms. The van der Waals surface area contributed by atoms with Crippen LogP contribution in [0, 0.1) is 0 Å². The summed E-state index contributed by atoms with van der Waals surface area (Å²) in [6.45, 7) is 4.49. The van der Waals surface area contributed by atoms with Gasteiger partial charge < -0.3 is 9.84 Å². The van der Waals surface area contributed by atoms with E-state index in [0.717, 1.165) is 70.6 Å². The monoisotopic (exact) mass is 548 g/mol. The number of allylic oxidation sites excluding steroid dienone is 4. The van der Waals surface area contributed by atoms with Crippen molar-refractivity contribution in [3.05, 3.63) is 24.3 Å². The second kappa shape index (κ2) is 31.0. The molecule has 39 heavy (non-hydrogen) atoms. The van der Waals surface area contributed by atoms with Crippen molar-refractivity contribution < 1.29 is 19.4 Å². The van der Waals surface area contributed by atoms with Crippen LogP contribution in [-0.4, -0.2) is 23.1 Å². The molecular weight excluding hydrogens is 484 g/mol. The molecule has 4 nitrogen and oxygen atoms in total. The first-order chi connectivity index (χ1) is 19.1. The molecule has 0 aliphatic heterocycles. The lowest BCUT2D eigenvalue weighted by Crippen LogP contribution is -2.18. The number of ether oxygens (including phenoxy) is 1. The largest absolute Gasteiger partial charge is 0.481 e. The Hall–Kier alpha value is -1.58. The Bertz CT molecular complexity index is 595. The van der Waals surface area contributed by atoms with Gasteiger partial charge in [0.05, 0.1) is 0 Å². The molecule has 0 bridgehead atoms. The molecule has 0 aromatic carbocycles. The van der Waals surface area contributed by atoms with E-state index in [9.17, 15) is 9.59 Å². The van der Waals surface area contributed by atoms with Gasteiger partial charge in [0.25, 0.3) is 0 Å². The van der Waals surface area contributed by atoms with Crippen LogP contribution in [-0.2, 0) is 14.3 Å². The lowest BCUT2D eigenvalue weighted by Gasteiger charge is -2.18. The lowest BCUT2D eigenvalue weighted by molar-refractivity contribution is -0.150. The molecule has 0 aliphatic rings. The molecule has 0 aromatic rings. The van der Waals surface area contributed by atoms with E-state index in [1.807, 2.05) is 0 Å². The van der Waals surface area contributed by atoms with Gasteiger partial charge in [0.2, 0.25) is 0 Å². The van der Waals surface area contributed by atoms with Crippen LogP contribution in [0.1, 0.15) is 181 Å². The van der Waals surface area contributed by atoms with Crippen LogP contribution in [0.5, 0.6) is 0 Å². The van der Waals surface area contributed by atoms with Crippen LogP contribution in [0.3, 0.4) is 0 Å². The van der Waals surface area contributed by atoms with E-state index in [-0.39, 0.29) is 18.5 Å². The maximum absolute atomic E-state index is 12.5. The van der Waals surface area contributed by atoms with E-state index in [1.165, 1.54) is 83.5 Å². The molecule has 0 aliphatic carbocycles. The van der Waals surface area contributed by atoms with Gasteiger partial charge in [0, 0.05) is 12.8 Å². The van der Waals surface area contributed by atoms with Crippen LogP contribution in [0.4, 0.5) is 0 Å². The van der Waals surface area contributed by atoms with Crippen LogP contribution in [0.2, 0.25) is 0 Å². The first-order valence-electron chi connectivity index (χ1n) is 16.8. The molecule has 0 fully saturated rings. The number of carbonyl (C=O) groups excluding carboxylic acids is 1. The highest BCUT2D eigenvalue weighted by molar-refractivity contribution is 5.69. The molecule has 0 heterocycles. The van der Waals surface area contributed by atoms with Crippen molar-refractivity contribution in [3.63, 3.8) is 0 Å². The third-order valence-electron chi connectivity index (χ3n) is 7.43. The number of esters is 1. The smallest absolute Gasteiger partial charge is 0.306 e. The average molecular weight is 549 g/mol. The minimum absolute atomic E-state index is 0.0282. The number of hydrogen-bond acceptors (Lipinski definition) is 3. The van der Waals surface area contributed by atoms with E-state index < -0.39 is 5.97 Å². The van der Waals surface area contributed by atoms with Crippen molar-refractivity contribution in [3.8, 4) is 0 Å². The molecule has 0 aromatic heterocycles. The van der Waals surface area contributed by atoms with Crippen molar-refractivity contribution in [1.82, 2.24) is 0 Å². The Morgan fingerprint density at radius 2 is 1.00 bits per heavy atom. The standard InChI is InChI=1S/C35H64O4/c1-3-5-7-9-11-12-13-14-15-16-17-18-20-22-28-32-35(38)39-33(29-25-21-19-10-8-6-4-2)30-26-23-24-27-31-34(36)37/h11-12,14-15,33H,3-10,13,16-32H2,1-2H3,(H,36,37)/b12-11-,15-14-. The predicted octanol–water partition coefficient (Wildman–Crippen LogP) is 11.3. The van der Waals surface area contributed by atoms with E-state index in [0.29, 0.717) is 6.42 Å². The van der Waals surface area contributed by atoms with Crippen molar-refractivity contribution in [2.24, 2.45) is 0 Å². The first-order valence-corrected chi connectivity index (χ1v) is 16.8. The Labute approximate surface area is 242 Å². The lowest BCUT2D eigenvalue weighted by atomic mass is 10.0. The van der Waals surface area contributed by atoms with Crippen LogP contribution in [0.25, 0.3) is 0 Å². The van der Waals surface area contributed by atoms with Gasteiger partial charge >= 0.3 is 11.9 Å². The average Bonchev–Trinajstić information content (AvgIpc) is 2.91. The van der Waals surface area contributed by atoms with Crippen LogP contribution < -0.4 is 0 Å². The van der Waals surface area contributed by atoms with Crippen molar-refractivity contribution in [1.29, 1.82) is 0 Å². The Balaban J connectivity index is 3.97. The molecule has 0 radical (unpaired) electrons. The SMILES string of the molecule is CCCCC/C=C\C/C=C\CCCCCCCC(=O)OC(CCCCCCCCC)CCCCCCC(=O)O. The zero-order valence-electron chi connectivity index (χ0n) is 25.9. The fourth-order valence-corrected chi connectivity index (χ4v) is 4.92. The fourth-order valence-electron chi connectivity index (χ4n) is 4.92. The number of rotatable bonds is 30. The summed E-state index contributed by atoms with van der Waals surface area (Å²) < 4.78 is 5.91. The third kappa shape index (κ3) is 30.8. The Kier molecular flexibility index (Phi) is 29.7. The normalized spacial score (nSPS) is 12.5. The zero-order chi connectivity index (χ0) is 28.7. The summed E-state index contributed by atoms with van der Waals surface area (Å²) in [5.74, 6) is -0.742. The van der Waals surface area contributed by atoms with Crippen molar-refractivity contribution in [2.75, 3.05) is 0 Å². The van der Waals surface area contributed by atoms with Crippen molar-refractivity contribution >= 4 is 11.9 Å². The van der Waals surface area contributed by atoms with Gasteiger partial charge in [-0.15, -0.1) is 0 Å². The number of aliphatic carboxylic acids is 1. The summed E-state index contributed by atoms with van der Waals surface area (Å²) in [7, 11) is 0. The Morgan fingerprint density at radius 1 is 0.564 bits per heavy atom. The summed E-state index contributed by atoms with van der Waals surface area (Å²) in [6.07, 6.45) is 37.5. The van der Waals surface area contributed by atoms with Gasteiger partial charge in [-0.05, 0) is 70.6 Å². The molecule has 0 amide bonds. The molecule has 1 atom stereocenters. The van der Waals surface area contributed by atoms with Crippen LogP contribution >= 0.6 is 0 Å². The highest BCUT2D eigenvalue weighted by atomic mass is 16.5. The second-order valence-electron chi connectivity index (χ2n) is 11.3. The van der Waals surface area contributed by atoms with E-state index in [2.05, 4.69) is 38.2 Å². The van der Waals surface area contributed by atoms with Gasteiger partial charge in [-0.3, -0.25) is 9.59 Å². The summed E-state index contributed by atoms with van der Waals surface area (Å²) >= 11 is 0. The predicted molar refractivity (Wildman–Crippen MR) is 167 cm³/mol.